The fourth-order valence-electron chi connectivity index (χ4n) is 3.07. The molecule has 0 spiro atoms. The zero-order valence-electron chi connectivity index (χ0n) is 14.3. The Kier molecular flexibility index (Phi) is 5.50. The number of carbonyl (C=O) groups is 1. The van der Waals surface area contributed by atoms with E-state index in [0.717, 1.165) is 42.7 Å². The van der Waals surface area contributed by atoms with Crippen LogP contribution in [0.15, 0.2) is 35.5 Å². The third-order valence-corrected chi connectivity index (χ3v) is 5.27. The predicted molar refractivity (Wildman–Crippen MR) is 94.4 cm³/mol. The number of rotatable bonds is 2. The topological polar surface area (TPSA) is 46.4 Å². The highest BCUT2D eigenvalue weighted by molar-refractivity contribution is 7.09. The Morgan fingerprint density at radius 3 is 2.46 bits per heavy atom. The second kappa shape index (κ2) is 7.65. The van der Waals surface area contributed by atoms with Crippen LogP contribution in [0.1, 0.15) is 42.5 Å². The molecular weight excluding hydrogens is 363 g/mol. The van der Waals surface area contributed by atoms with Crippen LogP contribution in [0.25, 0.3) is 5.69 Å². The van der Waals surface area contributed by atoms with E-state index in [1.54, 1.807) is 10.8 Å². The van der Waals surface area contributed by atoms with E-state index in [-0.39, 0.29) is 6.04 Å². The molecule has 3 rings (SSSR count). The van der Waals surface area contributed by atoms with Gasteiger partial charge in [0.15, 0.2) is 4.80 Å². The molecule has 1 aromatic carbocycles. The fourth-order valence-corrected chi connectivity index (χ4v) is 3.90. The average Bonchev–Trinajstić information content (AvgIpc) is 2.95. The molecule has 8 heteroatoms. The molecule has 2 amide bonds. The molecule has 2 aromatic rings. The van der Waals surface area contributed by atoms with Crippen molar-refractivity contribution in [3.05, 3.63) is 45.7 Å². The van der Waals surface area contributed by atoms with Gasteiger partial charge in [-0.1, -0.05) is 19.3 Å². The Bertz CT molecular complexity index is 831. The first-order valence-electron chi connectivity index (χ1n) is 8.55. The number of urea groups is 1. The van der Waals surface area contributed by atoms with Gasteiger partial charge in [-0.2, -0.15) is 18.2 Å². The molecule has 1 heterocycles. The number of hydrogen-bond donors (Lipinski definition) is 1. The van der Waals surface area contributed by atoms with E-state index < -0.39 is 17.8 Å². The quantitative estimate of drug-likeness (QED) is 0.795. The largest absolute Gasteiger partial charge is 0.416 e. The minimum absolute atomic E-state index is 0.153. The summed E-state index contributed by atoms with van der Waals surface area (Å²) < 4.78 is 39.8. The van der Waals surface area contributed by atoms with E-state index in [0.29, 0.717) is 10.5 Å². The number of alkyl halides is 3. The highest BCUT2D eigenvalue weighted by atomic mass is 32.1. The third kappa shape index (κ3) is 4.55. The zero-order chi connectivity index (χ0) is 18.7. The van der Waals surface area contributed by atoms with Crippen molar-refractivity contribution in [1.82, 2.24) is 9.88 Å². The summed E-state index contributed by atoms with van der Waals surface area (Å²) in [6, 6.07) is 4.57. The van der Waals surface area contributed by atoms with Gasteiger partial charge in [-0.25, -0.2) is 4.79 Å². The van der Waals surface area contributed by atoms with E-state index >= 15 is 0 Å². The van der Waals surface area contributed by atoms with Gasteiger partial charge < -0.3 is 5.32 Å². The monoisotopic (exact) mass is 383 g/mol. The second-order valence-corrected chi connectivity index (χ2v) is 7.65. The van der Waals surface area contributed by atoms with Gasteiger partial charge in [-0.05, 0) is 44.0 Å². The summed E-state index contributed by atoms with van der Waals surface area (Å²) in [4.78, 5) is 17.7. The van der Waals surface area contributed by atoms with Crippen LogP contribution in [0.4, 0.5) is 18.0 Å². The lowest BCUT2D eigenvalue weighted by molar-refractivity contribution is -0.137. The highest BCUT2D eigenvalue weighted by Crippen LogP contribution is 2.29. The zero-order valence-corrected chi connectivity index (χ0v) is 15.2. The maximum atomic E-state index is 12.7. The van der Waals surface area contributed by atoms with Gasteiger partial charge in [0, 0.05) is 22.8 Å². The molecule has 1 aliphatic rings. The molecular formula is C18H20F3N3OS. The first kappa shape index (κ1) is 18.7. The normalized spacial score (nSPS) is 16.7. The molecule has 4 nitrogen and oxygen atoms in total. The lowest BCUT2D eigenvalue weighted by Crippen LogP contribution is -2.35. The van der Waals surface area contributed by atoms with Crippen molar-refractivity contribution in [2.45, 2.75) is 51.2 Å². The van der Waals surface area contributed by atoms with Crippen molar-refractivity contribution in [1.29, 1.82) is 0 Å². The van der Waals surface area contributed by atoms with Gasteiger partial charge in [-0.15, -0.1) is 11.3 Å². The average molecular weight is 383 g/mol. The summed E-state index contributed by atoms with van der Waals surface area (Å²) in [7, 11) is 0. The number of hydrogen-bond acceptors (Lipinski definition) is 2. The van der Waals surface area contributed by atoms with Gasteiger partial charge in [0.05, 0.1) is 5.56 Å². The molecule has 0 unspecified atom stereocenters. The van der Waals surface area contributed by atoms with Crippen LogP contribution in [-0.2, 0) is 6.18 Å². The van der Waals surface area contributed by atoms with Gasteiger partial charge >= 0.3 is 12.2 Å². The maximum absolute atomic E-state index is 12.7. The van der Waals surface area contributed by atoms with Crippen LogP contribution in [0.5, 0.6) is 0 Å². The molecule has 0 bridgehead atoms. The number of thiazole rings is 1. The van der Waals surface area contributed by atoms with Gasteiger partial charge in [0.2, 0.25) is 0 Å². The molecule has 1 N–H and O–H groups in total. The number of amides is 2. The van der Waals surface area contributed by atoms with Crippen LogP contribution < -0.4 is 10.1 Å². The van der Waals surface area contributed by atoms with Crippen LogP contribution in [0, 0.1) is 6.92 Å². The molecule has 1 fully saturated rings. The lowest BCUT2D eigenvalue weighted by Gasteiger charge is -2.21. The minimum Gasteiger partial charge on any atom is -0.333 e. The van der Waals surface area contributed by atoms with Crippen LogP contribution in [-0.4, -0.2) is 16.6 Å². The molecule has 1 aromatic heterocycles. The van der Waals surface area contributed by atoms with Crippen LogP contribution in [0.3, 0.4) is 0 Å². The summed E-state index contributed by atoms with van der Waals surface area (Å²) >= 11 is 1.32. The number of halogens is 3. The van der Waals surface area contributed by atoms with Gasteiger partial charge in [0.1, 0.15) is 0 Å². The number of aryl methyl sites for hydroxylation is 1. The number of nitrogens with one attached hydrogen (secondary N) is 1. The molecule has 26 heavy (non-hydrogen) atoms. The molecule has 0 aliphatic heterocycles. The molecule has 140 valence electrons. The maximum Gasteiger partial charge on any atom is 0.416 e. The van der Waals surface area contributed by atoms with E-state index in [2.05, 4.69) is 10.3 Å². The summed E-state index contributed by atoms with van der Waals surface area (Å²) in [6.45, 7) is 1.86. The SMILES string of the molecule is Cc1cn(-c2ccc(C(F)(F)F)cc2)c(=NC(=O)NC2CCCCC2)s1. The van der Waals surface area contributed by atoms with Crippen molar-refractivity contribution in [3.63, 3.8) is 0 Å². The van der Waals surface area contributed by atoms with E-state index in [9.17, 15) is 18.0 Å². The molecule has 0 saturated heterocycles. The fraction of sp³-hybridized carbons (Fsp3) is 0.444. The Balaban J connectivity index is 1.84. The van der Waals surface area contributed by atoms with Crippen LogP contribution in [0.2, 0.25) is 0 Å². The molecule has 1 aliphatic carbocycles. The van der Waals surface area contributed by atoms with Gasteiger partial charge in [0.25, 0.3) is 0 Å². The second-order valence-electron chi connectivity index (χ2n) is 6.44. The first-order chi connectivity index (χ1) is 12.3. The number of nitrogens with zero attached hydrogens (tertiary/aromatic N) is 2. The standard InChI is InChI=1S/C18H20F3N3OS/c1-12-11-24(15-9-7-13(8-10-15)18(19,20)21)17(26-12)23-16(25)22-14-5-3-2-4-6-14/h7-11,14H,2-6H2,1H3,(H,22,25). The van der Waals surface area contributed by atoms with Crippen molar-refractivity contribution in [2.75, 3.05) is 0 Å². The summed E-state index contributed by atoms with van der Waals surface area (Å²) in [5, 5.41) is 2.92. The molecule has 0 atom stereocenters. The number of benzene rings is 1. The van der Waals surface area contributed by atoms with Gasteiger partial charge in [-0.3, -0.25) is 4.57 Å². The smallest absolute Gasteiger partial charge is 0.333 e. The van der Waals surface area contributed by atoms with Crippen LogP contribution >= 0.6 is 11.3 Å². The minimum atomic E-state index is -4.37. The highest BCUT2D eigenvalue weighted by Gasteiger charge is 2.30. The first-order valence-corrected chi connectivity index (χ1v) is 9.36. The molecule has 0 radical (unpaired) electrons. The van der Waals surface area contributed by atoms with Crippen molar-refractivity contribution >= 4 is 17.4 Å². The summed E-state index contributed by atoms with van der Waals surface area (Å²) in [5.41, 5.74) is -0.172. The Morgan fingerprint density at radius 2 is 1.85 bits per heavy atom. The Morgan fingerprint density at radius 1 is 1.19 bits per heavy atom. The van der Waals surface area contributed by atoms with E-state index in [1.165, 1.54) is 29.9 Å². The van der Waals surface area contributed by atoms with E-state index in [4.69, 9.17) is 0 Å². The van der Waals surface area contributed by atoms with E-state index in [1.807, 2.05) is 6.92 Å². The Labute approximate surface area is 153 Å². The number of aromatic nitrogens is 1. The summed E-state index contributed by atoms with van der Waals surface area (Å²) in [6.07, 6.45) is 2.72. The number of carbonyl (C=O) groups excluding carboxylic acids is 1. The predicted octanol–water partition coefficient (Wildman–Crippen LogP) is 4.81. The Hall–Kier alpha value is -2.09. The third-order valence-electron chi connectivity index (χ3n) is 4.37. The van der Waals surface area contributed by atoms with Crippen molar-refractivity contribution < 1.29 is 18.0 Å². The molecule has 1 saturated carbocycles. The lowest BCUT2D eigenvalue weighted by atomic mass is 9.96. The van der Waals surface area contributed by atoms with Crippen molar-refractivity contribution in [3.8, 4) is 5.69 Å². The van der Waals surface area contributed by atoms with Crippen molar-refractivity contribution in [2.24, 2.45) is 4.99 Å². The summed E-state index contributed by atoms with van der Waals surface area (Å²) in [5.74, 6) is 0.